The molecule has 1 aromatic carbocycles. The maximum Gasteiger partial charge on any atom is 0.163 e. The van der Waals surface area contributed by atoms with Crippen LogP contribution >= 0.6 is 22.7 Å². The average Bonchev–Trinajstić information content (AvgIpc) is 3.00. The van der Waals surface area contributed by atoms with E-state index in [4.69, 9.17) is 0 Å². The predicted molar refractivity (Wildman–Crippen MR) is 81.6 cm³/mol. The Kier molecular flexibility index (Phi) is 3.83. The summed E-state index contributed by atoms with van der Waals surface area (Å²) >= 11 is 3.28. The average molecular weight is 309 g/mol. The van der Waals surface area contributed by atoms with Crippen molar-refractivity contribution < 1.29 is 8.78 Å². The molecule has 2 aromatic heterocycles. The van der Waals surface area contributed by atoms with Gasteiger partial charge in [0.2, 0.25) is 0 Å². The van der Waals surface area contributed by atoms with Crippen LogP contribution < -0.4 is 5.32 Å². The van der Waals surface area contributed by atoms with Crippen LogP contribution in [0.5, 0.6) is 0 Å². The third-order valence-electron chi connectivity index (χ3n) is 3.14. The lowest BCUT2D eigenvalue weighted by atomic mass is 10.0. The summed E-state index contributed by atoms with van der Waals surface area (Å²) in [6.45, 7) is 2.65. The van der Waals surface area contributed by atoms with E-state index < -0.39 is 11.6 Å². The van der Waals surface area contributed by atoms with E-state index in [1.165, 1.54) is 9.40 Å². The van der Waals surface area contributed by atoms with Crippen LogP contribution in [0.2, 0.25) is 0 Å². The van der Waals surface area contributed by atoms with Crippen molar-refractivity contribution in [2.24, 2.45) is 0 Å². The van der Waals surface area contributed by atoms with Crippen LogP contribution in [0.25, 0.3) is 9.40 Å². The molecule has 0 aliphatic rings. The van der Waals surface area contributed by atoms with Crippen LogP contribution in [0, 0.1) is 11.6 Å². The topological polar surface area (TPSA) is 12.0 Å². The van der Waals surface area contributed by atoms with Crippen molar-refractivity contribution in [3.8, 4) is 0 Å². The lowest BCUT2D eigenvalue weighted by Gasteiger charge is -2.17. The van der Waals surface area contributed by atoms with Gasteiger partial charge >= 0.3 is 0 Å². The molecule has 3 rings (SSSR count). The fourth-order valence-electron chi connectivity index (χ4n) is 2.24. The highest BCUT2D eigenvalue weighted by molar-refractivity contribution is 7.27. The number of hydrogen-bond donors (Lipinski definition) is 1. The summed E-state index contributed by atoms with van der Waals surface area (Å²) < 4.78 is 29.8. The van der Waals surface area contributed by atoms with Crippen molar-refractivity contribution >= 4 is 32.1 Å². The Morgan fingerprint density at radius 1 is 1.20 bits per heavy atom. The molecule has 0 aliphatic carbocycles. The summed E-state index contributed by atoms with van der Waals surface area (Å²) in [7, 11) is 0. The zero-order valence-electron chi connectivity index (χ0n) is 10.8. The first-order valence-electron chi connectivity index (χ1n) is 6.35. The molecule has 20 heavy (non-hydrogen) atoms. The van der Waals surface area contributed by atoms with Gasteiger partial charge in [0.05, 0.1) is 6.04 Å². The first-order chi connectivity index (χ1) is 9.70. The van der Waals surface area contributed by atoms with E-state index in [-0.39, 0.29) is 6.04 Å². The van der Waals surface area contributed by atoms with Gasteiger partial charge in [0.1, 0.15) is 0 Å². The molecule has 0 fully saturated rings. The lowest BCUT2D eigenvalue weighted by molar-refractivity contribution is 0.484. The Labute approximate surface area is 123 Å². The van der Waals surface area contributed by atoms with E-state index in [2.05, 4.69) is 17.4 Å². The van der Waals surface area contributed by atoms with Crippen LogP contribution in [0.15, 0.2) is 35.7 Å². The molecule has 0 aliphatic heterocycles. The molecule has 1 nitrogen and oxygen atoms in total. The predicted octanol–water partition coefficient (Wildman–Crippen LogP) is 4.94. The first kappa shape index (κ1) is 13.7. The molecule has 1 unspecified atom stereocenters. The number of thiophene rings is 2. The van der Waals surface area contributed by atoms with E-state index in [1.807, 2.05) is 12.3 Å². The Balaban J connectivity index is 2.08. The molecule has 0 saturated heterocycles. The van der Waals surface area contributed by atoms with Gasteiger partial charge in [-0.05, 0) is 30.1 Å². The highest BCUT2D eigenvalue weighted by Crippen LogP contribution is 2.36. The van der Waals surface area contributed by atoms with Gasteiger partial charge in [-0.15, -0.1) is 22.7 Å². The van der Waals surface area contributed by atoms with Crippen molar-refractivity contribution in [2.75, 3.05) is 6.54 Å². The van der Waals surface area contributed by atoms with Crippen molar-refractivity contribution in [3.63, 3.8) is 0 Å². The molecule has 1 N–H and O–H groups in total. The number of benzene rings is 1. The minimum atomic E-state index is -0.802. The molecule has 0 amide bonds. The van der Waals surface area contributed by atoms with Crippen LogP contribution in [0.4, 0.5) is 8.78 Å². The number of halogens is 2. The first-order valence-corrected chi connectivity index (χ1v) is 8.04. The van der Waals surface area contributed by atoms with Gasteiger partial charge in [0, 0.05) is 19.8 Å². The van der Waals surface area contributed by atoms with Crippen molar-refractivity contribution in [1.29, 1.82) is 0 Å². The van der Waals surface area contributed by atoms with Crippen molar-refractivity contribution in [3.05, 3.63) is 57.8 Å². The smallest absolute Gasteiger partial charge is 0.163 e. The fraction of sp³-hybridized carbons (Fsp3) is 0.200. The van der Waals surface area contributed by atoms with Crippen molar-refractivity contribution in [1.82, 2.24) is 5.32 Å². The Morgan fingerprint density at radius 2 is 2.05 bits per heavy atom. The molecule has 3 aromatic rings. The molecular weight excluding hydrogens is 296 g/mol. The minimum Gasteiger partial charge on any atom is -0.306 e. The highest BCUT2D eigenvalue weighted by Gasteiger charge is 2.21. The van der Waals surface area contributed by atoms with Gasteiger partial charge in [-0.2, -0.15) is 0 Å². The van der Waals surface area contributed by atoms with E-state index in [9.17, 15) is 8.78 Å². The summed E-state index contributed by atoms with van der Waals surface area (Å²) in [5.74, 6) is -1.57. The Hall–Kier alpha value is -1.30. The second-order valence-electron chi connectivity index (χ2n) is 4.43. The Morgan fingerprint density at radius 3 is 2.80 bits per heavy atom. The molecule has 104 valence electrons. The second-order valence-corrected chi connectivity index (χ2v) is 6.49. The van der Waals surface area contributed by atoms with Crippen molar-refractivity contribution in [2.45, 2.75) is 13.0 Å². The summed E-state index contributed by atoms with van der Waals surface area (Å²) in [4.78, 5) is 1.01. The van der Waals surface area contributed by atoms with Gasteiger partial charge in [0.15, 0.2) is 11.6 Å². The lowest BCUT2D eigenvalue weighted by Crippen LogP contribution is -2.22. The quantitative estimate of drug-likeness (QED) is 0.720. The summed E-state index contributed by atoms with van der Waals surface area (Å²) in [6.07, 6.45) is 0. The molecular formula is C15H13F2NS2. The largest absolute Gasteiger partial charge is 0.306 e. The van der Waals surface area contributed by atoms with Crippen LogP contribution in [-0.4, -0.2) is 6.54 Å². The zero-order valence-corrected chi connectivity index (χ0v) is 12.5. The van der Waals surface area contributed by atoms with E-state index in [0.29, 0.717) is 12.1 Å². The maximum absolute atomic E-state index is 14.0. The number of nitrogens with one attached hydrogen (secondary N) is 1. The summed E-state index contributed by atoms with van der Waals surface area (Å²) in [5.41, 5.74) is 0.362. The molecule has 2 heterocycles. The Bertz CT molecular complexity index is 704. The van der Waals surface area contributed by atoms with Gasteiger partial charge in [-0.1, -0.05) is 19.1 Å². The molecule has 0 bridgehead atoms. The normalized spacial score (nSPS) is 12.9. The highest BCUT2D eigenvalue weighted by atomic mass is 32.1. The van der Waals surface area contributed by atoms with E-state index >= 15 is 0 Å². The van der Waals surface area contributed by atoms with Gasteiger partial charge in [-0.3, -0.25) is 0 Å². The molecule has 1 atom stereocenters. The molecule has 0 spiro atoms. The number of hydrogen-bond acceptors (Lipinski definition) is 3. The van der Waals surface area contributed by atoms with Crippen LogP contribution in [0.1, 0.15) is 23.4 Å². The summed E-state index contributed by atoms with van der Waals surface area (Å²) in [6, 6.07) is 8.14. The minimum absolute atomic E-state index is 0.305. The van der Waals surface area contributed by atoms with Gasteiger partial charge < -0.3 is 5.32 Å². The van der Waals surface area contributed by atoms with Gasteiger partial charge in [0.25, 0.3) is 0 Å². The van der Waals surface area contributed by atoms with E-state index in [0.717, 1.165) is 10.9 Å². The SMILES string of the molecule is CCNC(c1cc2sccc2s1)c1cccc(F)c1F. The molecule has 0 radical (unpaired) electrons. The van der Waals surface area contributed by atoms with Crippen LogP contribution in [-0.2, 0) is 0 Å². The molecule has 5 heteroatoms. The fourth-order valence-corrected chi connectivity index (χ4v) is 4.45. The molecule has 0 saturated carbocycles. The third-order valence-corrected chi connectivity index (χ3v) is 5.30. The number of rotatable bonds is 4. The standard InChI is InChI=1S/C15H13F2NS2/c1-2-18-15(9-4-3-5-10(16)14(9)17)13-8-12-11(20-13)6-7-19-12/h3-8,15,18H,2H2,1H3. The zero-order chi connectivity index (χ0) is 14.1. The third kappa shape index (κ3) is 2.37. The number of fused-ring (bicyclic) bond motifs is 1. The summed E-state index contributed by atoms with van der Waals surface area (Å²) in [5, 5.41) is 5.28. The van der Waals surface area contributed by atoms with Crippen LogP contribution in [0.3, 0.4) is 0 Å². The van der Waals surface area contributed by atoms with E-state index in [1.54, 1.807) is 34.8 Å². The second kappa shape index (κ2) is 5.60. The maximum atomic E-state index is 14.0. The van der Waals surface area contributed by atoms with Gasteiger partial charge in [-0.25, -0.2) is 8.78 Å². The monoisotopic (exact) mass is 309 g/mol.